The molecule has 1 atom stereocenters. The summed E-state index contributed by atoms with van der Waals surface area (Å²) in [6.07, 6.45) is 0. The molecular weight excluding hydrogens is 312 g/mol. The van der Waals surface area contributed by atoms with Crippen molar-refractivity contribution in [3.05, 3.63) is 66.2 Å². The van der Waals surface area contributed by atoms with Crippen LogP contribution in [0.5, 0.6) is 0 Å². The van der Waals surface area contributed by atoms with E-state index in [0.29, 0.717) is 6.54 Å². The number of carbonyl (C=O) groups excluding carboxylic acids is 1. The van der Waals surface area contributed by atoms with E-state index >= 15 is 0 Å². The average molecular weight is 332 g/mol. The molecular formula is C17H20N2O3S. The second-order valence-corrected chi connectivity index (χ2v) is 7.05. The van der Waals surface area contributed by atoms with Gasteiger partial charge in [0.15, 0.2) is 0 Å². The SMILES string of the molecule is C[C@@H](NS(=O)(=O)c1ccccc1)C(=O)N(C)Cc1ccccc1. The van der Waals surface area contributed by atoms with Crippen molar-refractivity contribution in [1.29, 1.82) is 0 Å². The molecule has 2 aromatic rings. The van der Waals surface area contributed by atoms with Crippen LogP contribution in [0, 0.1) is 0 Å². The Morgan fingerprint density at radius 2 is 1.57 bits per heavy atom. The minimum atomic E-state index is -3.71. The third-order valence-electron chi connectivity index (χ3n) is 3.39. The molecule has 2 rings (SSSR count). The van der Waals surface area contributed by atoms with Gasteiger partial charge in [0.05, 0.1) is 10.9 Å². The summed E-state index contributed by atoms with van der Waals surface area (Å²) < 4.78 is 26.9. The zero-order valence-corrected chi connectivity index (χ0v) is 14.0. The lowest BCUT2D eigenvalue weighted by atomic mass is 10.2. The molecule has 0 heterocycles. The second-order valence-electron chi connectivity index (χ2n) is 5.34. The monoisotopic (exact) mass is 332 g/mol. The lowest BCUT2D eigenvalue weighted by molar-refractivity contribution is -0.131. The number of sulfonamides is 1. The first-order valence-electron chi connectivity index (χ1n) is 7.26. The second kappa shape index (κ2) is 7.39. The van der Waals surface area contributed by atoms with E-state index < -0.39 is 16.1 Å². The van der Waals surface area contributed by atoms with Gasteiger partial charge in [-0.15, -0.1) is 0 Å². The van der Waals surface area contributed by atoms with Crippen LogP contribution >= 0.6 is 0 Å². The summed E-state index contributed by atoms with van der Waals surface area (Å²) in [5.41, 5.74) is 0.987. The minimum absolute atomic E-state index is 0.144. The highest BCUT2D eigenvalue weighted by Crippen LogP contribution is 2.09. The van der Waals surface area contributed by atoms with E-state index in [1.165, 1.54) is 17.0 Å². The molecule has 0 aliphatic carbocycles. The number of rotatable bonds is 6. The average Bonchev–Trinajstić information content (AvgIpc) is 2.55. The molecule has 1 N–H and O–H groups in total. The highest BCUT2D eigenvalue weighted by atomic mass is 32.2. The van der Waals surface area contributed by atoms with Gasteiger partial charge in [-0.3, -0.25) is 4.79 Å². The molecule has 122 valence electrons. The Balaban J connectivity index is 2.02. The van der Waals surface area contributed by atoms with Crippen LogP contribution in [0.3, 0.4) is 0 Å². The van der Waals surface area contributed by atoms with E-state index in [4.69, 9.17) is 0 Å². The van der Waals surface area contributed by atoms with Crippen molar-refractivity contribution in [2.75, 3.05) is 7.05 Å². The lowest BCUT2D eigenvalue weighted by Gasteiger charge is -2.22. The first-order chi connectivity index (χ1) is 10.9. The molecule has 0 unspecified atom stereocenters. The van der Waals surface area contributed by atoms with Crippen molar-refractivity contribution in [1.82, 2.24) is 9.62 Å². The molecule has 0 fully saturated rings. The molecule has 0 aliphatic heterocycles. The number of hydrogen-bond acceptors (Lipinski definition) is 3. The van der Waals surface area contributed by atoms with Crippen LogP contribution in [-0.2, 0) is 21.4 Å². The number of carbonyl (C=O) groups is 1. The highest BCUT2D eigenvalue weighted by Gasteiger charge is 2.24. The summed E-state index contributed by atoms with van der Waals surface area (Å²) in [5, 5.41) is 0. The van der Waals surface area contributed by atoms with Crippen molar-refractivity contribution in [2.45, 2.75) is 24.4 Å². The maximum Gasteiger partial charge on any atom is 0.241 e. The zero-order chi connectivity index (χ0) is 16.9. The van der Waals surface area contributed by atoms with Crippen molar-refractivity contribution < 1.29 is 13.2 Å². The van der Waals surface area contributed by atoms with E-state index in [0.717, 1.165) is 5.56 Å². The van der Waals surface area contributed by atoms with E-state index in [2.05, 4.69) is 4.72 Å². The molecule has 0 bridgehead atoms. The van der Waals surface area contributed by atoms with Crippen LogP contribution in [0.2, 0.25) is 0 Å². The molecule has 1 amide bonds. The number of hydrogen-bond donors (Lipinski definition) is 1. The van der Waals surface area contributed by atoms with Crippen LogP contribution in [0.1, 0.15) is 12.5 Å². The predicted molar refractivity (Wildman–Crippen MR) is 89.1 cm³/mol. The van der Waals surface area contributed by atoms with Crippen LogP contribution in [0.15, 0.2) is 65.6 Å². The Kier molecular flexibility index (Phi) is 5.52. The van der Waals surface area contributed by atoms with E-state index in [-0.39, 0.29) is 10.8 Å². The molecule has 0 aromatic heterocycles. The Morgan fingerprint density at radius 3 is 2.13 bits per heavy atom. The molecule has 0 radical (unpaired) electrons. The van der Waals surface area contributed by atoms with Gasteiger partial charge in [-0.05, 0) is 24.6 Å². The van der Waals surface area contributed by atoms with Gasteiger partial charge in [0.25, 0.3) is 0 Å². The highest BCUT2D eigenvalue weighted by molar-refractivity contribution is 7.89. The van der Waals surface area contributed by atoms with Crippen LogP contribution in [0.4, 0.5) is 0 Å². The van der Waals surface area contributed by atoms with Gasteiger partial charge >= 0.3 is 0 Å². The summed E-state index contributed by atoms with van der Waals surface area (Å²) in [7, 11) is -2.05. The largest absolute Gasteiger partial charge is 0.340 e. The molecule has 0 saturated heterocycles. The van der Waals surface area contributed by atoms with E-state index in [1.807, 2.05) is 30.3 Å². The summed E-state index contributed by atoms with van der Waals surface area (Å²) in [4.78, 5) is 14.0. The Hall–Kier alpha value is -2.18. The molecule has 5 nitrogen and oxygen atoms in total. The van der Waals surface area contributed by atoms with Crippen molar-refractivity contribution in [2.24, 2.45) is 0 Å². The molecule has 0 saturated carbocycles. The van der Waals surface area contributed by atoms with Gasteiger partial charge in [-0.25, -0.2) is 8.42 Å². The third-order valence-corrected chi connectivity index (χ3v) is 4.95. The van der Waals surface area contributed by atoms with E-state index in [1.54, 1.807) is 32.2 Å². The van der Waals surface area contributed by atoms with Gasteiger partial charge in [0, 0.05) is 13.6 Å². The standard InChI is InChI=1S/C17H20N2O3S/c1-14(18-23(21,22)16-11-7-4-8-12-16)17(20)19(2)13-15-9-5-3-6-10-15/h3-12,14,18H,13H2,1-2H3/t14-/m1/s1. The third kappa shape index (κ3) is 4.64. The molecule has 2 aromatic carbocycles. The van der Waals surface area contributed by atoms with Gasteiger partial charge in [-0.2, -0.15) is 4.72 Å². The quantitative estimate of drug-likeness (QED) is 0.880. The van der Waals surface area contributed by atoms with Crippen LogP contribution < -0.4 is 4.72 Å². The summed E-state index contributed by atoms with van der Waals surface area (Å²) >= 11 is 0. The number of nitrogens with one attached hydrogen (secondary N) is 1. The maximum atomic E-state index is 12.4. The van der Waals surface area contributed by atoms with Gasteiger partial charge in [0.2, 0.25) is 15.9 Å². The number of amides is 1. The topological polar surface area (TPSA) is 66.5 Å². The Bertz CT molecular complexity index is 746. The Labute approximate surface area is 137 Å². The minimum Gasteiger partial charge on any atom is -0.340 e. The normalized spacial score (nSPS) is 12.6. The number of likely N-dealkylation sites (N-methyl/N-ethyl adjacent to an activating group) is 1. The molecule has 0 spiro atoms. The molecule has 23 heavy (non-hydrogen) atoms. The smallest absolute Gasteiger partial charge is 0.241 e. The van der Waals surface area contributed by atoms with Crippen molar-refractivity contribution >= 4 is 15.9 Å². The fourth-order valence-corrected chi connectivity index (χ4v) is 3.43. The van der Waals surface area contributed by atoms with Gasteiger partial charge in [-0.1, -0.05) is 48.5 Å². The number of benzene rings is 2. The Morgan fingerprint density at radius 1 is 1.04 bits per heavy atom. The van der Waals surface area contributed by atoms with Crippen molar-refractivity contribution in [3.63, 3.8) is 0 Å². The first-order valence-corrected chi connectivity index (χ1v) is 8.75. The summed E-state index contributed by atoms with van der Waals surface area (Å²) in [5.74, 6) is -0.284. The summed E-state index contributed by atoms with van der Waals surface area (Å²) in [6, 6.07) is 16.7. The van der Waals surface area contributed by atoms with Gasteiger partial charge < -0.3 is 4.90 Å². The number of nitrogens with zero attached hydrogens (tertiary/aromatic N) is 1. The molecule has 0 aliphatic rings. The zero-order valence-electron chi connectivity index (χ0n) is 13.1. The lowest BCUT2D eigenvalue weighted by Crippen LogP contribution is -2.45. The fraction of sp³-hybridized carbons (Fsp3) is 0.235. The maximum absolute atomic E-state index is 12.4. The van der Waals surface area contributed by atoms with Crippen LogP contribution in [0.25, 0.3) is 0 Å². The molecule has 6 heteroatoms. The van der Waals surface area contributed by atoms with E-state index in [9.17, 15) is 13.2 Å². The van der Waals surface area contributed by atoms with Crippen molar-refractivity contribution in [3.8, 4) is 0 Å². The van der Waals surface area contributed by atoms with Crippen LogP contribution in [-0.4, -0.2) is 32.3 Å². The fourth-order valence-electron chi connectivity index (χ4n) is 2.22. The summed E-state index contributed by atoms with van der Waals surface area (Å²) in [6.45, 7) is 1.97. The first kappa shape index (κ1) is 17.2. The predicted octanol–water partition coefficient (Wildman–Crippen LogP) is 2.01. The van der Waals surface area contributed by atoms with Gasteiger partial charge in [0.1, 0.15) is 0 Å².